The van der Waals surface area contributed by atoms with Gasteiger partial charge in [0.25, 0.3) is 11.8 Å². The first-order valence-electron chi connectivity index (χ1n) is 8.59. The first kappa shape index (κ1) is 20.6. The first-order chi connectivity index (χ1) is 14.1. The fraction of sp³-hybridized carbons (Fsp3) is 0.158. The summed E-state index contributed by atoms with van der Waals surface area (Å²) in [5.41, 5.74) is -4.92. The van der Waals surface area contributed by atoms with Gasteiger partial charge < -0.3 is 0 Å². The van der Waals surface area contributed by atoms with Crippen molar-refractivity contribution in [2.24, 2.45) is 0 Å². The molecule has 1 aliphatic heterocycles. The molecule has 0 saturated heterocycles. The van der Waals surface area contributed by atoms with Crippen molar-refractivity contribution in [2.75, 3.05) is 0 Å². The number of hydroxylamine groups is 2. The van der Waals surface area contributed by atoms with E-state index in [1.54, 1.807) is 6.07 Å². The highest BCUT2D eigenvalue weighted by Crippen LogP contribution is 2.42. The van der Waals surface area contributed by atoms with E-state index in [1.807, 2.05) is 30.3 Å². The van der Waals surface area contributed by atoms with Gasteiger partial charge in [0.05, 0.1) is 5.56 Å². The smallest absolute Gasteiger partial charge is 0.266 e. The number of imide groups is 1. The molecule has 0 unspecified atom stereocenters. The fourth-order valence-electron chi connectivity index (χ4n) is 3.25. The Balaban J connectivity index is 1.77. The van der Waals surface area contributed by atoms with Gasteiger partial charge in [-0.25, -0.2) is 0 Å². The number of amides is 2. The lowest BCUT2D eigenvalue weighted by molar-refractivity contribution is -0.144. The van der Waals surface area contributed by atoms with Gasteiger partial charge >= 0.3 is 15.6 Å². The molecule has 0 saturated carbocycles. The van der Waals surface area contributed by atoms with Crippen LogP contribution in [0.2, 0.25) is 0 Å². The maximum atomic E-state index is 12.7. The van der Waals surface area contributed by atoms with Crippen LogP contribution in [0.25, 0.3) is 5.57 Å². The molecule has 11 heteroatoms. The number of carbonyl (C=O) groups excluding carboxylic acids is 2. The van der Waals surface area contributed by atoms with Crippen LogP contribution in [0.4, 0.5) is 13.2 Å². The average molecular weight is 455 g/mol. The number of hydrogen-bond donors (Lipinski definition) is 0. The number of allylic oxidation sites excluding steroid dienone is 1. The Kier molecular flexibility index (Phi) is 4.99. The zero-order valence-electron chi connectivity index (χ0n) is 15.0. The third-order valence-corrected chi connectivity index (χ3v) is 6.56. The standard InChI is InChI=1S/C19H12F3NO5S2/c20-19(21,22)30(26,27)28-23-17(24)13-8-4-7-12-15(29-11-5-2-1-3-6-11)10-9-14(16(12)13)18(23)25/h1-3,5-6,8-10H,4,7H2. The summed E-state index contributed by atoms with van der Waals surface area (Å²) < 4.78 is 64.6. The largest absolute Gasteiger partial charge is 0.525 e. The summed E-state index contributed by atoms with van der Waals surface area (Å²) in [6.07, 6.45) is 2.38. The fourth-order valence-corrected chi connectivity index (χ4v) is 4.68. The number of rotatable bonds is 4. The van der Waals surface area contributed by atoms with Crippen LogP contribution in [0.5, 0.6) is 0 Å². The first-order valence-corrected chi connectivity index (χ1v) is 10.8. The topological polar surface area (TPSA) is 80.8 Å². The Morgan fingerprint density at radius 2 is 1.70 bits per heavy atom. The molecule has 0 bridgehead atoms. The van der Waals surface area contributed by atoms with Crippen LogP contribution in [0.1, 0.15) is 27.9 Å². The highest BCUT2D eigenvalue weighted by molar-refractivity contribution is 7.99. The molecule has 2 aromatic rings. The highest BCUT2D eigenvalue weighted by atomic mass is 32.2. The third kappa shape index (κ3) is 3.42. The molecule has 0 fully saturated rings. The molecule has 0 N–H and O–H groups in total. The Morgan fingerprint density at radius 3 is 2.37 bits per heavy atom. The lowest BCUT2D eigenvalue weighted by atomic mass is 9.84. The number of benzene rings is 2. The second-order valence-corrected chi connectivity index (χ2v) is 9.05. The van der Waals surface area contributed by atoms with Crippen molar-refractivity contribution in [1.29, 1.82) is 0 Å². The summed E-state index contributed by atoms with van der Waals surface area (Å²) in [7, 11) is -6.19. The van der Waals surface area contributed by atoms with E-state index in [0.29, 0.717) is 24.0 Å². The second kappa shape index (κ2) is 7.25. The van der Waals surface area contributed by atoms with Gasteiger partial charge in [0, 0.05) is 20.9 Å². The van der Waals surface area contributed by atoms with Crippen molar-refractivity contribution >= 4 is 39.3 Å². The molecular weight excluding hydrogens is 443 g/mol. The molecule has 6 nitrogen and oxygen atoms in total. The zero-order valence-corrected chi connectivity index (χ0v) is 16.6. The van der Waals surface area contributed by atoms with Gasteiger partial charge in [0.15, 0.2) is 0 Å². The second-order valence-electron chi connectivity index (χ2n) is 6.42. The van der Waals surface area contributed by atoms with Crippen molar-refractivity contribution < 1.29 is 35.5 Å². The number of hydrogen-bond acceptors (Lipinski definition) is 6. The minimum absolute atomic E-state index is 0.0567. The molecular formula is C19H12F3NO5S2. The van der Waals surface area contributed by atoms with Crippen LogP contribution in [-0.4, -0.2) is 30.8 Å². The quantitative estimate of drug-likeness (QED) is 0.513. The lowest BCUT2D eigenvalue weighted by Gasteiger charge is -2.31. The van der Waals surface area contributed by atoms with E-state index in [-0.39, 0.29) is 16.2 Å². The molecule has 0 spiro atoms. The molecule has 0 radical (unpaired) electrons. The minimum atomic E-state index is -6.19. The van der Waals surface area contributed by atoms with Gasteiger partial charge in [-0.3, -0.25) is 9.59 Å². The van der Waals surface area contributed by atoms with Crippen molar-refractivity contribution in [3.05, 3.63) is 65.2 Å². The van der Waals surface area contributed by atoms with Crippen molar-refractivity contribution in [1.82, 2.24) is 5.06 Å². The number of carbonyl (C=O) groups is 2. The van der Waals surface area contributed by atoms with Crippen LogP contribution in [-0.2, 0) is 25.6 Å². The van der Waals surface area contributed by atoms with Crippen molar-refractivity contribution in [2.45, 2.75) is 28.1 Å². The zero-order chi connectivity index (χ0) is 21.7. The maximum absolute atomic E-state index is 12.7. The molecule has 156 valence electrons. The average Bonchev–Trinajstić information content (AvgIpc) is 2.70. The van der Waals surface area contributed by atoms with E-state index in [4.69, 9.17) is 0 Å². The molecule has 30 heavy (non-hydrogen) atoms. The maximum Gasteiger partial charge on any atom is 0.525 e. The van der Waals surface area contributed by atoms with E-state index >= 15 is 0 Å². The number of halogens is 3. The van der Waals surface area contributed by atoms with E-state index in [2.05, 4.69) is 4.28 Å². The third-order valence-electron chi connectivity index (χ3n) is 4.54. The summed E-state index contributed by atoms with van der Waals surface area (Å²) in [4.78, 5) is 27.0. The van der Waals surface area contributed by atoms with Gasteiger partial charge in [0.1, 0.15) is 0 Å². The molecule has 2 aliphatic rings. The molecule has 0 aromatic heterocycles. The predicted octanol–water partition coefficient (Wildman–Crippen LogP) is 3.93. The number of alkyl halides is 3. The van der Waals surface area contributed by atoms with Crippen LogP contribution in [0.15, 0.2) is 58.3 Å². The van der Waals surface area contributed by atoms with E-state index in [0.717, 1.165) is 9.79 Å². The van der Waals surface area contributed by atoms with Gasteiger partial charge in [-0.2, -0.15) is 21.6 Å². The van der Waals surface area contributed by atoms with E-state index in [1.165, 1.54) is 23.9 Å². The Hall–Kier alpha value is -2.63. The SMILES string of the molecule is O=C1C2=CCCc3c(Sc4ccccc4)ccc(c32)C(=O)N1OS(=O)(=O)C(F)(F)F. The summed E-state index contributed by atoms with van der Waals surface area (Å²) in [5.74, 6) is -2.51. The Bertz CT molecular complexity index is 1190. The molecule has 2 aromatic carbocycles. The summed E-state index contributed by atoms with van der Waals surface area (Å²) in [6.45, 7) is 0. The summed E-state index contributed by atoms with van der Waals surface area (Å²) >= 11 is 1.42. The van der Waals surface area contributed by atoms with Crippen LogP contribution < -0.4 is 0 Å². The van der Waals surface area contributed by atoms with Gasteiger partial charge in [-0.1, -0.05) is 36.0 Å². The van der Waals surface area contributed by atoms with E-state index < -0.39 is 27.4 Å². The van der Waals surface area contributed by atoms with Crippen LogP contribution >= 0.6 is 11.8 Å². The van der Waals surface area contributed by atoms with Crippen LogP contribution in [0, 0.1) is 0 Å². The molecule has 0 atom stereocenters. The Morgan fingerprint density at radius 1 is 1.00 bits per heavy atom. The summed E-state index contributed by atoms with van der Waals surface area (Å²) in [6, 6.07) is 12.4. The highest BCUT2D eigenvalue weighted by Gasteiger charge is 2.52. The van der Waals surface area contributed by atoms with Crippen molar-refractivity contribution in [3.63, 3.8) is 0 Å². The van der Waals surface area contributed by atoms with Crippen LogP contribution in [0.3, 0.4) is 0 Å². The van der Waals surface area contributed by atoms with Gasteiger partial charge in [-0.15, -0.1) is 9.35 Å². The van der Waals surface area contributed by atoms with E-state index in [9.17, 15) is 31.2 Å². The Labute approximate surface area is 173 Å². The minimum Gasteiger partial charge on any atom is -0.266 e. The molecule has 1 aliphatic carbocycles. The predicted molar refractivity (Wildman–Crippen MR) is 101 cm³/mol. The molecule has 4 rings (SSSR count). The molecule has 2 amide bonds. The lowest BCUT2D eigenvalue weighted by Crippen LogP contribution is -2.45. The summed E-state index contributed by atoms with van der Waals surface area (Å²) in [5, 5.41) is -0.337. The number of nitrogens with zero attached hydrogens (tertiary/aromatic N) is 1. The van der Waals surface area contributed by atoms with Gasteiger partial charge in [-0.05, 0) is 42.7 Å². The molecule has 1 heterocycles. The normalized spacial score (nSPS) is 16.4. The van der Waals surface area contributed by atoms with Crippen molar-refractivity contribution in [3.8, 4) is 0 Å². The monoisotopic (exact) mass is 455 g/mol. The van der Waals surface area contributed by atoms with Gasteiger partial charge in [0.2, 0.25) is 0 Å².